The number of alkyl halides is 1. The highest BCUT2D eigenvalue weighted by molar-refractivity contribution is 9.10. The number of nitrogens with one attached hydrogen (secondary N) is 1. The number of amides is 1. The molecule has 0 saturated heterocycles. The molecule has 1 aromatic heterocycles. The van der Waals surface area contributed by atoms with Gasteiger partial charge in [-0.1, -0.05) is 27.5 Å². The van der Waals surface area contributed by atoms with Crippen LogP contribution in [0.15, 0.2) is 18.3 Å². The quantitative estimate of drug-likeness (QED) is 0.833. The summed E-state index contributed by atoms with van der Waals surface area (Å²) in [7, 11) is 0. The van der Waals surface area contributed by atoms with Crippen LogP contribution < -0.4 is 5.32 Å². The zero-order valence-electron chi connectivity index (χ0n) is 6.92. The van der Waals surface area contributed by atoms with E-state index in [1.807, 2.05) is 0 Å². The second-order valence-electron chi connectivity index (χ2n) is 2.46. The van der Waals surface area contributed by atoms with Crippen LogP contribution in [0.25, 0.3) is 0 Å². The number of anilines is 1. The topological polar surface area (TPSA) is 42.0 Å². The molecule has 0 aromatic carbocycles. The standard InChI is InChI=1S/C8H8BrClN2O/c1-5(9)8(13)12-7-4-6(10)2-3-11-7/h2-5H,1H3,(H,11,12,13). The van der Waals surface area contributed by atoms with Crippen LogP contribution in [-0.4, -0.2) is 15.7 Å². The summed E-state index contributed by atoms with van der Waals surface area (Å²) < 4.78 is 0. The third-order valence-corrected chi connectivity index (χ3v) is 1.99. The van der Waals surface area contributed by atoms with Gasteiger partial charge in [-0.3, -0.25) is 4.79 Å². The summed E-state index contributed by atoms with van der Waals surface area (Å²) in [6, 6.07) is 3.24. The molecule has 0 bridgehead atoms. The Morgan fingerprint density at radius 3 is 3.00 bits per heavy atom. The molecule has 0 spiro atoms. The highest BCUT2D eigenvalue weighted by atomic mass is 79.9. The van der Waals surface area contributed by atoms with Crippen LogP contribution in [0.3, 0.4) is 0 Å². The lowest BCUT2D eigenvalue weighted by Crippen LogP contribution is -2.20. The van der Waals surface area contributed by atoms with E-state index in [0.717, 1.165) is 0 Å². The second kappa shape index (κ2) is 4.58. The fourth-order valence-corrected chi connectivity index (χ4v) is 0.973. The number of carbonyl (C=O) groups excluding carboxylic acids is 1. The number of nitrogens with zero attached hydrogens (tertiary/aromatic N) is 1. The van der Waals surface area contributed by atoms with Gasteiger partial charge in [0.25, 0.3) is 0 Å². The molecule has 0 aliphatic heterocycles. The Morgan fingerprint density at radius 1 is 1.77 bits per heavy atom. The van der Waals surface area contributed by atoms with E-state index in [4.69, 9.17) is 11.6 Å². The summed E-state index contributed by atoms with van der Waals surface area (Å²) in [6.07, 6.45) is 1.54. The molecule has 0 aliphatic carbocycles. The average molecular weight is 264 g/mol. The minimum Gasteiger partial charge on any atom is -0.310 e. The molecule has 1 heterocycles. The van der Waals surface area contributed by atoms with Crippen molar-refractivity contribution in [2.45, 2.75) is 11.8 Å². The minimum absolute atomic E-state index is 0.144. The van der Waals surface area contributed by atoms with E-state index in [0.29, 0.717) is 10.8 Å². The molecule has 1 unspecified atom stereocenters. The van der Waals surface area contributed by atoms with Crippen LogP contribution in [0.5, 0.6) is 0 Å². The Kier molecular flexibility index (Phi) is 3.69. The number of hydrogen-bond donors (Lipinski definition) is 1. The number of aromatic nitrogens is 1. The molecule has 1 N–H and O–H groups in total. The first kappa shape index (κ1) is 10.5. The van der Waals surface area contributed by atoms with Gasteiger partial charge in [0.1, 0.15) is 5.82 Å². The van der Waals surface area contributed by atoms with Gasteiger partial charge in [-0.25, -0.2) is 4.98 Å². The van der Waals surface area contributed by atoms with Gasteiger partial charge in [-0.15, -0.1) is 0 Å². The van der Waals surface area contributed by atoms with Gasteiger partial charge < -0.3 is 5.32 Å². The van der Waals surface area contributed by atoms with Crippen molar-refractivity contribution < 1.29 is 4.79 Å². The van der Waals surface area contributed by atoms with Crippen molar-refractivity contribution in [3.63, 3.8) is 0 Å². The third kappa shape index (κ3) is 3.32. The molecule has 3 nitrogen and oxygen atoms in total. The predicted molar refractivity (Wildman–Crippen MR) is 56.3 cm³/mol. The second-order valence-corrected chi connectivity index (χ2v) is 4.27. The van der Waals surface area contributed by atoms with Gasteiger partial charge in [0, 0.05) is 11.2 Å². The predicted octanol–water partition coefficient (Wildman–Crippen LogP) is 2.46. The first-order chi connectivity index (χ1) is 6.09. The number of carbonyl (C=O) groups is 1. The van der Waals surface area contributed by atoms with Crippen molar-refractivity contribution in [2.75, 3.05) is 5.32 Å². The van der Waals surface area contributed by atoms with Gasteiger partial charge in [-0.2, -0.15) is 0 Å². The number of halogens is 2. The smallest absolute Gasteiger partial charge is 0.239 e. The maximum absolute atomic E-state index is 11.2. The van der Waals surface area contributed by atoms with Crippen LogP contribution in [0, 0.1) is 0 Å². The lowest BCUT2D eigenvalue weighted by molar-refractivity contribution is -0.115. The van der Waals surface area contributed by atoms with Gasteiger partial charge in [-0.05, 0) is 19.1 Å². The molecule has 1 rings (SSSR count). The summed E-state index contributed by atoms with van der Waals surface area (Å²) in [5.41, 5.74) is 0. The molecule has 0 aliphatic rings. The first-order valence-corrected chi connectivity index (χ1v) is 4.95. The maximum atomic E-state index is 11.2. The summed E-state index contributed by atoms with van der Waals surface area (Å²) in [5, 5.41) is 3.15. The van der Waals surface area contributed by atoms with E-state index in [9.17, 15) is 4.79 Å². The maximum Gasteiger partial charge on any atom is 0.239 e. The van der Waals surface area contributed by atoms with E-state index in [1.165, 1.54) is 6.20 Å². The van der Waals surface area contributed by atoms with E-state index in [1.54, 1.807) is 19.1 Å². The van der Waals surface area contributed by atoms with Crippen LogP contribution in [0.4, 0.5) is 5.82 Å². The molecule has 13 heavy (non-hydrogen) atoms. The highest BCUT2D eigenvalue weighted by Crippen LogP contribution is 2.12. The van der Waals surface area contributed by atoms with Crippen molar-refractivity contribution >= 4 is 39.3 Å². The number of hydrogen-bond acceptors (Lipinski definition) is 2. The van der Waals surface area contributed by atoms with Gasteiger partial charge in [0.05, 0.1) is 4.83 Å². The summed E-state index contributed by atoms with van der Waals surface area (Å²) in [5.74, 6) is 0.318. The molecular weight excluding hydrogens is 255 g/mol. The SMILES string of the molecule is CC(Br)C(=O)Nc1cc(Cl)ccn1. The number of rotatable bonds is 2. The van der Waals surface area contributed by atoms with Crippen LogP contribution in [-0.2, 0) is 4.79 Å². The Balaban J connectivity index is 2.69. The zero-order valence-corrected chi connectivity index (χ0v) is 9.26. The fourth-order valence-electron chi connectivity index (χ4n) is 0.699. The molecule has 0 radical (unpaired) electrons. The molecule has 1 aromatic rings. The van der Waals surface area contributed by atoms with Gasteiger partial charge in [0.15, 0.2) is 0 Å². The van der Waals surface area contributed by atoms with Crippen LogP contribution in [0.2, 0.25) is 5.02 Å². The minimum atomic E-state index is -0.242. The molecule has 1 atom stereocenters. The zero-order chi connectivity index (χ0) is 9.84. The van der Waals surface area contributed by atoms with E-state index in [-0.39, 0.29) is 10.7 Å². The van der Waals surface area contributed by atoms with Crippen molar-refractivity contribution in [3.8, 4) is 0 Å². The Bertz CT molecular complexity index is 317. The van der Waals surface area contributed by atoms with Crippen molar-refractivity contribution in [2.24, 2.45) is 0 Å². The average Bonchev–Trinajstić information content (AvgIpc) is 2.04. The molecule has 0 saturated carbocycles. The van der Waals surface area contributed by atoms with E-state index in [2.05, 4.69) is 26.2 Å². The van der Waals surface area contributed by atoms with Crippen LogP contribution in [0.1, 0.15) is 6.92 Å². The Labute approximate surface area is 89.6 Å². The molecule has 1 amide bonds. The Morgan fingerprint density at radius 2 is 2.46 bits per heavy atom. The third-order valence-electron chi connectivity index (χ3n) is 1.33. The number of pyridine rings is 1. The van der Waals surface area contributed by atoms with E-state index < -0.39 is 0 Å². The molecular formula is C8H8BrClN2O. The molecule has 0 fully saturated rings. The van der Waals surface area contributed by atoms with Gasteiger partial charge in [0.2, 0.25) is 5.91 Å². The summed E-state index contributed by atoms with van der Waals surface area (Å²) >= 11 is 8.85. The molecule has 70 valence electrons. The van der Waals surface area contributed by atoms with Gasteiger partial charge >= 0.3 is 0 Å². The fraction of sp³-hybridized carbons (Fsp3) is 0.250. The lowest BCUT2D eigenvalue weighted by Gasteiger charge is -2.05. The largest absolute Gasteiger partial charge is 0.310 e. The van der Waals surface area contributed by atoms with Crippen molar-refractivity contribution in [1.29, 1.82) is 0 Å². The Hall–Kier alpha value is -0.610. The normalized spacial score (nSPS) is 12.2. The van der Waals surface area contributed by atoms with Crippen LogP contribution >= 0.6 is 27.5 Å². The monoisotopic (exact) mass is 262 g/mol. The summed E-state index contributed by atoms with van der Waals surface area (Å²) in [6.45, 7) is 1.74. The van der Waals surface area contributed by atoms with Crippen molar-refractivity contribution in [3.05, 3.63) is 23.4 Å². The first-order valence-electron chi connectivity index (χ1n) is 3.66. The van der Waals surface area contributed by atoms with Crippen molar-refractivity contribution in [1.82, 2.24) is 4.98 Å². The lowest BCUT2D eigenvalue weighted by atomic mass is 10.4. The molecule has 5 heteroatoms. The highest BCUT2D eigenvalue weighted by Gasteiger charge is 2.08. The van der Waals surface area contributed by atoms with E-state index >= 15 is 0 Å². The summed E-state index contributed by atoms with van der Waals surface area (Å²) in [4.78, 5) is 14.9.